The number of thiazole rings is 1. The van der Waals surface area contributed by atoms with Crippen molar-refractivity contribution in [3.05, 3.63) is 11.2 Å². The van der Waals surface area contributed by atoms with Crippen LogP contribution in [0.1, 0.15) is 71.4 Å². The highest BCUT2D eigenvalue weighted by Crippen LogP contribution is 2.27. The molecule has 1 unspecified atom stereocenters. The van der Waals surface area contributed by atoms with Gasteiger partial charge in [-0.25, -0.2) is 4.98 Å². The van der Waals surface area contributed by atoms with Crippen LogP contribution in [0.2, 0.25) is 0 Å². The Morgan fingerprint density at radius 3 is 2.74 bits per heavy atom. The number of hydrogen-bond acceptors (Lipinski definition) is 3. The van der Waals surface area contributed by atoms with Gasteiger partial charge < -0.3 is 5.32 Å². The molecule has 1 aromatic rings. The van der Waals surface area contributed by atoms with E-state index in [0.717, 1.165) is 29.5 Å². The summed E-state index contributed by atoms with van der Waals surface area (Å²) in [6.45, 7) is 8.66. The summed E-state index contributed by atoms with van der Waals surface area (Å²) in [6, 6.07) is 0. The highest BCUT2D eigenvalue weighted by atomic mass is 32.1. The van der Waals surface area contributed by atoms with Crippen LogP contribution >= 0.6 is 11.3 Å². The average Bonchev–Trinajstić information content (AvgIpc) is 2.77. The SMILES string of the molecule is CCCC(C)CCCC(=O)Nc1scnc1C(C)C. The van der Waals surface area contributed by atoms with Gasteiger partial charge in [-0.3, -0.25) is 4.79 Å². The Bertz CT molecular complexity index is 387. The zero-order valence-corrected chi connectivity index (χ0v) is 13.3. The van der Waals surface area contributed by atoms with E-state index in [1.165, 1.54) is 24.2 Å². The molecule has 0 bridgehead atoms. The first-order valence-electron chi connectivity index (χ1n) is 7.27. The second-order valence-electron chi connectivity index (χ2n) is 5.56. The Morgan fingerprint density at radius 2 is 2.11 bits per heavy atom. The van der Waals surface area contributed by atoms with Crippen molar-refractivity contribution in [3.8, 4) is 0 Å². The van der Waals surface area contributed by atoms with Crippen LogP contribution in [0.3, 0.4) is 0 Å². The maximum absolute atomic E-state index is 11.9. The van der Waals surface area contributed by atoms with E-state index in [9.17, 15) is 4.79 Å². The van der Waals surface area contributed by atoms with Crippen LogP contribution in [0, 0.1) is 5.92 Å². The van der Waals surface area contributed by atoms with Gasteiger partial charge in [0.25, 0.3) is 0 Å². The van der Waals surface area contributed by atoms with Crippen molar-refractivity contribution in [1.29, 1.82) is 0 Å². The van der Waals surface area contributed by atoms with Gasteiger partial charge in [0.1, 0.15) is 5.00 Å². The number of nitrogens with one attached hydrogen (secondary N) is 1. The zero-order valence-electron chi connectivity index (χ0n) is 12.5. The minimum absolute atomic E-state index is 0.120. The van der Waals surface area contributed by atoms with Crippen LogP contribution in [-0.2, 0) is 4.79 Å². The Labute approximate surface area is 120 Å². The smallest absolute Gasteiger partial charge is 0.225 e. The lowest BCUT2D eigenvalue weighted by atomic mass is 9.99. The highest BCUT2D eigenvalue weighted by molar-refractivity contribution is 7.14. The van der Waals surface area contributed by atoms with E-state index < -0.39 is 0 Å². The standard InChI is InChI=1S/C15H26N2OS/c1-5-7-12(4)8-6-9-13(18)17-15-14(11(2)3)16-10-19-15/h10-12H,5-9H2,1-4H3,(H,17,18). The molecule has 19 heavy (non-hydrogen) atoms. The fourth-order valence-electron chi connectivity index (χ4n) is 2.20. The molecule has 0 saturated carbocycles. The summed E-state index contributed by atoms with van der Waals surface area (Å²) in [5.74, 6) is 1.20. The third-order valence-corrected chi connectivity index (χ3v) is 4.03. The van der Waals surface area contributed by atoms with E-state index in [0.29, 0.717) is 12.3 Å². The van der Waals surface area contributed by atoms with Crippen LogP contribution in [0.15, 0.2) is 5.51 Å². The number of nitrogens with zero attached hydrogens (tertiary/aromatic N) is 1. The number of carbonyl (C=O) groups excluding carboxylic acids is 1. The summed E-state index contributed by atoms with van der Waals surface area (Å²) in [5, 5.41) is 3.91. The van der Waals surface area contributed by atoms with Gasteiger partial charge in [0.05, 0.1) is 11.2 Å². The number of hydrogen-bond donors (Lipinski definition) is 1. The number of carbonyl (C=O) groups is 1. The molecule has 0 fully saturated rings. The summed E-state index contributed by atoms with van der Waals surface area (Å²) in [7, 11) is 0. The van der Waals surface area contributed by atoms with E-state index in [2.05, 4.69) is 38.0 Å². The molecule has 0 aliphatic carbocycles. The molecule has 1 heterocycles. The van der Waals surface area contributed by atoms with Gasteiger partial charge in [0.2, 0.25) is 5.91 Å². The van der Waals surface area contributed by atoms with Crippen LogP contribution in [0.5, 0.6) is 0 Å². The van der Waals surface area contributed by atoms with E-state index in [4.69, 9.17) is 0 Å². The van der Waals surface area contributed by atoms with Crippen molar-refractivity contribution in [3.63, 3.8) is 0 Å². The monoisotopic (exact) mass is 282 g/mol. The van der Waals surface area contributed by atoms with Gasteiger partial charge in [-0.15, -0.1) is 11.3 Å². The molecule has 108 valence electrons. The van der Waals surface area contributed by atoms with Gasteiger partial charge in [0.15, 0.2) is 0 Å². The molecule has 0 aliphatic heterocycles. The molecule has 3 nitrogen and oxygen atoms in total. The summed E-state index contributed by atoms with van der Waals surface area (Å²) < 4.78 is 0. The summed E-state index contributed by atoms with van der Waals surface area (Å²) in [5.41, 5.74) is 2.80. The lowest BCUT2D eigenvalue weighted by molar-refractivity contribution is -0.116. The fourth-order valence-corrected chi connectivity index (χ4v) is 3.05. The Hall–Kier alpha value is -0.900. The third kappa shape index (κ3) is 5.72. The first kappa shape index (κ1) is 16.2. The fraction of sp³-hybridized carbons (Fsp3) is 0.733. The highest BCUT2D eigenvalue weighted by Gasteiger charge is 2.12. The van der Waals surface area contributed by atoms with Crippen molar-refractivity contribution < 1.29 is 4.79 Å². The van der Waals surface area contributed by atoms with Crippen molar-refractivity contribution in [1.82, 2.24) is 4.98 Å². The topological polar surface area (TPSA) is 42.0 Å². The van der Waals surface area contributed by atoms with E-state index in [-0.39, 0.29) is 5.91 Å². The molecule has 0 radical (unpaired) electrons. The Morgan fingerprint density at radius 1 is 1.37 bits per heavy atom. The van der Waals surface area contributed by atoms with Gasteiger partial charge in [-0.1, -0.05) is 47.0 Å². The normalized spacial score (nSPS) is 12.7. The predicted molar refractivity (Wildman–Crippen MR) is 82.8 cm³/mol. The number of amides is 1. The molecule has 1 N–H and O–H groups in total. The second kappa shape index (κ2) is 8.31. The predicted octanol–water partition coefficient (Wildman–Crippen LogP) is 4.81. The molecule has 0 aromatic carbocycles. The first-order chi connectivity index (χ1) is 9.04. The molecule has 1 atom stereocenters. The number of anilines is 1. The second-order valence-corrected chi connectivity index (χ2v) is 6.41. The maximum Gasteiger partial charge on any atom is 0.225 e. The third-order valence-electron chi connectivity index (χ3n) is 3.28. The van der Waals surface area contributed by atoms with E-state index in [1.54, 1.807) is 5.51 Å². The van der Waals surface area contributed by atoms with E-state index in [1.807, 2.05) is 0 Å². The zero-order chi connectivity index (χ0) is 14.3. The van der Waals surface area contributed by atoms with Crippen molar-refractivity contribution in [2.24, 2.45) is 5.92 Å². The van der Waals surface area contributed by atoms with Gasteiger partial charge in [0, 0.05) is 6.42 Å². The molecule has 0 aliphatic rings. The summed E-state index contributed by atoms with van der Waals surface area (Å²) in [4.78, 5) is 16.2. The first-order valence-corrected chi connectivity index (χ1v) is 8.15. The largest absolute Gasteiger partial charge is 0.316 e. The van der Waals surface area contributed by atoms with E-state index >= 15 is 0 Å². The molecular weight excluding hydrogens is 256 g/mol. The number of rotatable bonds is 8. The summed E-state index contributed by atoms with van der Waals surface area (Å²) >= 11 is 1.51. The molecular formula is C15H26N2OS. The van der Waals surface area contributed by atoms with Crippen LogP contribution in [0.25, 0.3) is 0 Å². The van der Waals surface area contributed by atoms with Crippen LogP contribution < -0.4 is 5.32 Å². The van der Waals surface area contributed by atoms with Crippen molar-refractivity contribution in [2.45, 2.75) is 65.7 Å². The lowest BCUT2D eigenvalue weighted by Crippen LogP contribution is -2.12. The number of aromatic nitrogens is 1. The molecule has 1 amide bonds. The minimum Gasteiger partial charge on any atom is -0.316 e. The van der Waals surface area contributed by atoms with Crippen LogP contribution in [-0.4, -0.2) is 10.9 Å². The van der Waals surface area contributed by atoms with Gasteiger partial charge >= 0.3 is 0 Å². The van der Waals surface area contributed by atoms with Crippen molar-refractivity contribution in [2.75, 3.05) is 5.32 Å². The molecule has 4 heteroatoms. The molecule has 1 aromatic heterocycles. The molecule has 1 rings (SSSR count). The Balaban J connectivity index is 2.33. The average molecular weight is 282 g/mol. The quantitative estimate of drug-likeness (QED) is 0.743. The van der Waals surface area contributed by atoms with Gasteiger partial charge in [-0.05, 0) is 18.3 Å². The lowest BCUT2D eigenvalue weighted by Gasteiger charge is -2.10. The van der Waals surface area contributed by atoms with Crippen LogP contribution in [0.4, 0.5) is 5.00 Å². The maximum atomic E-state index is 11.9. The van der Waals surface area contributed by atoms with Crippen molar-refractivity contribution >= 4 is 22.2 Å². The molecule has 0 spiro atoms. The Kier molecular flexibility index (Phi) is 7.06. The van der Waals surface area contributed by atoms with Gasteiger partial charge in [-0.2, -0.15) is 0 Å². The molecule has 0 saturated heterocycles. The minimum atomic E-state index is 0.120. The summed E-state index contributed by atoms with van der Waals surface area (Å²) in [6.07, 6.45) is 5.22.